The van der Waals surface area contributed by atoms with Crippen LogP contribution < -0.4 is 9.47 Å². The van der Waals surface area contributed by atoms with Gasteiger partial charge in [0.15, 0.2) is 0 Å². The van der Waals surface area contributed by atoms with Gasteiger partial charge < -0.3 is 14.6 Å². The van der Waals surface area contributed by atoms with Gasteiger partial charge in [0.05, 0.1) is 25.6 Å². The molecule has 0 fully saturated rings. The molecule has 2 atom stereocenters. The molecule has 0 aliphatic rings. The van der Waals surface area contributed by atoms with Crippen LogP contribution in [0.5, 0.6) is 11.5 Å². The molecule has 0 amide bonds. The standard InChI is InChI=1S/C24H33NO5S/c1-5-6-7-24(16-19(2)26)31(27,28)25(17-20-8-12-22(29-3)13-9-20)18-21-10-14-23(30-4)15-11-21/h5,8-15,19,24,26H,1,6-7,16-18H2,2-4H3/t19-,24-/m0/s1. The maximum Gasteiger partial charge on any atom is 0.217 e. The van der Waals surface area contributed by atoms with Crippen molar-refractivity contribution >= 4 is 10.0 Å². The van der Waals surface area contributed by atoms with Gasteiger partial charge in [-0.2, -0.15) is 4.31 Å². The summed E-state index contributed by atoms with van der Waals surface area (Å²) in [5.41, 5.74) is 1.72. The fourth-order valence-electron chi connectivity index (χ4n) is 3.39. The molecular formula is C24H33NO5S. The summed E-state index contributed by atoms with van der Waals surface area (Å²) in [4.78, 5) is 0. The van der Waals surface area contributed by atoms with E-state index in [1.54, 1.807) is 27.2 Å². The van der Waals surface area contributed by atoms with E-state index in [9.17, 15) is 13.5 Å². The molecular weight excluding hydrogens is 414 g/mol. The molecule has 0 spiro atoms. The second-order valence-electron chi connectivity index (χ2n) is 7.58. The van der Waals surface area contributed by atoms with Crippen LogP contribution in [0.2, 0.25) is 0 Å². The molecule has 0 bridgehead atoms. The number of aliphatic hydroxyl groups is 1. The van der Waals surface area contributed by atoms with Gasteiger partial charge in [0.1, 0.15) is 11.5 Å². The van der Waals surface area contributed by atoms with Crippen molar-refractivity contribution in [2.24, 2.45) is 0 Å². The maximum absolute atomic E-state index is 13.7. The fraction of sp³-hybridized carbons (Fsp3) is 0.417. The molecule has 170 valence electrons. The van der Waals surface area contributed by atoms with Crippen LogP contribution in [0.15, 0.2) is 61.2 Å². The van der Waals surface area contributed by atoms with Crippen molar-refractivity contribution in [3.63, 3.8) is 0 Å². The molecule has 0 heterocycles. The van der Waals surface area contributed by atoms with Gasteiger partial charge in [0, 0.05) is 13.1 Å². The lowest BCUT2D eigenvalue weighted by Gasteiger charge is -2.28. The third-order valence-corrected chi connectivity index (χ3v) is 7.36. The largest absolute Gasteiger partial charge is 0.497 e. The molecule has 0 saturated heterocycles. The van der Waals surface area contributed by atoms with Crippen LogP contribution in [0.4, 0.5) is 0 Å². The van der Waals surface area contributed by atoms with E-state index in [1.807, 2.05) is 48.5 Å². The van der Waals surface area contributed by atoms with E-state index in [4.69, 9.17) is 9.47 Å². The van der Waals surface area contributed by atoms with E-state index in [0.717, 1.165) is 11.1 Å². The van der Waals surface area contributed by atoms with Gasteiger partial charge in [0.2, 0.25) is 10.0 Å². The summed E-state index contributed by atoms with van der Waals surface area (Å²) in [6, 6.07) is 14.7. The van der Waals surface area contributed by atoms with Crippen LogP contribution in [-0.4, -0.2) is 43.4 Å². The Morgan fingerprint density at radius 2 is 1.42 bits per heavy atom. The lowest BCUT2D eigenvalue weighted by atomic mass is 10.1. The molecule has 2 rings (SSSR count). The zero-order valence-electron chi connectivity index (χ0n) is 18.5. The Labute approximate surface area is 186 Å². The normalized spacial score (nSPS) is 13.6. The monoisotopic (exact) mass is 447 g/mol. The molecule has 0 aliphatic heterocycles. The molecule has 31 heavy (non-hydrogen) atoms. The Hall–Kier alpha value is -2.35. The summed E-state index contributed by atoms with van der Waals surface area (Å²) in [5.74, 6) is 1.43. The number of aliphatic hydroxyl groups excluding tert-OH is 1. The second-order valence-corrected chi connectivity index (χ2v) is 9.79. The summed E-state index contributed by atoms with van der Waals surface area (Å²) in [7, 11) is -0.509. The highest BCUT2D eigenvalue weighted by Crippen LogP contribution is 2.25. The first kappa shape index (κ1) is 24.9. The van der Waals surface area contributed by atoms with E-state index in [-0.39, 0.29) is 19.5 Å². The lowest BCUT2D eigenvalue weighted by Crippen LogP contribution is -2.39. The highest BCUT2D eigenvalue weighted by molar-refractivity contribution is 7.89. The Kier molecular flexibility index (Phi) is 9.55. The smallest absolute Gasteiger partial charge is 0.217 e. The molecule has 7 heteroatoms. The van der Waals surface area contributed by atoms with E-state index in [1.165, 1.54) is 4.31 Å². The van der Waals surface area contributed by atoms with Crippen molar-refractivity contribution in [1.29, 1.82) is 0 Å². The molecule has 0 aromatic heterocycles. The maximum atomic E-state index is 13.7. The molecule has 1 N–H and O–H groups in total. The Morgan fingerprint density at radius 3 is 1.77 bits per heavy atom. The van der Waals surface area contributed by atoms with Crippen LogP contribution >= 0.6 is 0 Å². The minimum absolute atomic E-state index is 0.178. The SMILES string of the molecule is C=CCC[C@@H](C[C@H](C)O)S(=O)(=O)N(Cc1ccc(OC)cc1)Cc1ccc(OC)cc1. The van der Waals surface area contributed by atoms with Gasteiger partial charge in [-0.15, -0.1) is 6.58 Å². The van der Waals surface area contributed by atoms with Crippen molar-refractivity contribution in [3.05, 3.63) is 72.3 Å². The number of hydrogen-bond acceptors (Lipinski definition) is 5. The molecule has 2 aromatic carbocycles. The van der Waals surface area contributed by atoms with E-state index in [2.05, 4.69) is 6.58 Å². The number of benzene rings is 2. The third kappa shape index (κ3) is 7.38. The first-order valence-corrected chi connectivity index (χ1v) is 11.8. The zero-order valence-corrected chi connectivity index (χ0v) is 19.3. The van der Waals surface area contributed by atoms with E-state index < -0.39 is 21.4 Å². The van der Waals surface area contributed by atoms with Gasteiger partial charge in [-0.25, -0.2) is 8.42 Å². The fourth-order valence-corrected chi connectivity index (χ4v) is 5.42. The van der Waals surface area contributed by atoms with Gasteiger partial charge >= 0.3 is 0 Å². The van der Waals surface area contributed by atoms with Crippen LogP contribution in [0, 0.1) is 0 Å². The predicted octanol–water partition coefficient (Wildman–Crippen LogP) is 4.14. The number of methoxy groups -OCH3 is 2. The average molecular weight is 448 g/mol. The van der Waals surface area contributed by atoms with Crippen molar-refractivity contribution in [2.45, 2.75) is 50.6 Å². The Morgan fingerprint density at radius 1 is 0.968 bits per heavy atom. The van der Waals surface area contributed by atoms with Crippen LogP contribution in [-0.2, 0) is 23.1 Å². The molecule has 0 radical (unpaired) electrons. The number of rotatable bonds is 13. The van der Waals surface area contributed by atoms with Crippen molar-refractivity contribution in [3.8, 4) is 11.5 Å². The molecule has 0 saturated carbocycles. The number of sulfonamides is 1. The number of hydrogen-bond donors (Lipinski definition) is 1. The van der Waals surface area contributed by atoms with Gasteiger partial charge in [-0.3, -0.25) is 0 Å². The van der Waals surface area contributed by atoms with Crippen LogP contribution in [0.3, 0.4) is 0 Å². The topological polar surface area (TPSA) is 76.1 Å². The van der Waals surface area contributed by atoms with Gasteiger partial charge in [-0.05, 0) is 61.6 Å². The van der Waals surface area contributed by atoms with Crippen LogP contribution in [0.25, 0.3) is 0 Å². The van der Waals surface area contributed by atoms with Crippen molar-refractivity contribution < 1.29 is 23.0 Å². The van der Waals surface area contributed by atoms with Gasteiger partial charge in [0.25, 0.3) is 0 Å². The predicted molar refractivity (Wildman–Crippen MR) is 124 cm³/mol. The van der Waals surface area contributed by atoms with Crippen molar-refractivity contribution in [1.82, 2.24) is 4.31 Å². The third-order valence-electron chi connectivity index (χ3n) is 5.11. The van der Waals surface area contributed by atoms with Crippen molar-refractivity contribution in [2.75, 3.05) is 14.2 Å². The quantitative estimate of drug-likeness (QED) is 0.467. The summed E-state index contributed by atoms with van der Waals surface area (Å²) < 4.78 is 39.2. The summed E-state index contributed by atoms with van der Waals surface area (Å²) in [6.45, 7) is 5.78. The number of allylic oxidation sites excluding steroid dienone is 1. The zero-order chi connectivity index (χ0) is 22.9. The average Bonchev–Trinajstić information content (AvgIpc) is 2.76. The molecule has 2 aromatic rings. The summed E-state index contributed by atoms with van der Waals surface area (Å²) in [6.07, 6.45) is 2.15. The first-order chi connectivity index (χ1) is 14.8. The highest BCUT2D eigenvalue weighted by Gasteiger charge is 2.32. The van der Waals surface area contributed by atoms with E-state index in [0.29, 0.717) is 24.3 Å². The summed E-state index contributed by atoms with van der Waals surface area (Å²) >= 11 is 0. The highest BCUT2D eigenvalue weighted by atomic mass is 32.2. The van der Waals surface area contributed by atoms with E-state index >= 15 is 0 Å². The lowest BCUT2D eigenvalue weighted by molar-refractivity contribution is 0.180. The minimum atomic E-state index is -3.70. The minimum Gasteiger partial charge on any atom is -0.497 e. The molecule has 0 unspecified atom stereocenters. The summed E-state index contributed by atoms with van der Waals surface area (Å²) in [5, 5.41) is 9.23. The van der Waals surface area contributed by atoms with Gasteiger partial charge in [-0.1, -0.05) is 30.3 Å². The second kappa shape index (κ2) is 11.9. The molecule has 6 nitrogen and oxygen atoms in total. The first-order valence-electron chi connectivity index (χ1n) is 10.3. The Balaban J connectivity index is 2.37. The number of ether oxygens (including phenoxy) is 2. The molecule has 0 aliphatic carbocycles. The number of nitrogens with zero attached hydrogens (tertiary/aromatic N) is 1. The Bertz CT molecular complexity index is 858. The van der Waals surface area contributed by atoms with Crippen LogP contribution in [0.1, 0.15) is 37.3 Å².